The SMILES string of the molecule is CCCCCC(CCCCC)N=C(N)c1cc(C(=O)O)c2c3ccc4c5c(ccc(c6ccc(C(=O)NC(CCCCC)CCCCC)c1c62)c53)C(=O)NC4=O. The van der Waals surface area contributed by atoms with Gasteiger partial charge in [0.25, 0.3) is 17.7 Å². The van der Waals surface area contributed by atoms with Crippen molar-refractivity contribution in [3.05, 3.63) is 70.3 Å². The van der Waals surface area contributed by atoms with E-state index in [1.54, 1.807) is 24.3 Å². The van der Waals surface area contributed by atoms with Gasteiger partial charge in [0, 0.05) is 44.5 Å². The number of unbranched alkanes of at least 4 members (excludes halogenated alkanes) is 8. The van der Waals surface area contributed by atoms with E-state index >= 15 is 0 Å². The van der Waals surface area contributed by atoms with E-state index in [0.29, 0.717) is 60.0 Å². The summed E-state index contributed by atoms with van der Waals surface area (Å²) in [4.78, 5) is 59.3. The highest BCUT2D eigenvalue weighted by Gasteiger charge is 2.31. The van der Waals surface area contributed by atoms with Crippen LogP contribution in [0.3, 0.4) is 0 Å². The van der Waals surface area contributed by atoms with Gasteiger partial charge in [-0.3, -0.25) is 24.7 Å². The number of carbonyl (C=O) groups is 4. The van der Waals surface area contributed by atoms with Crippen LogP contribution in [0.2, 0.25) is 0 Å². The van der Waals surface area contributed by atoms with Crippen molar-refractivity contribution in [2.24, 2.45) is 10.7 Å². The number of benzene rings is 5. The molecule has 6 rings (SSSR count). The van der Waals surface area contributed by atoms with Crippen molar-refractivity contribution < 1.29 is 24.3 Å². The number of aromatic carboxylic acids is 1. The summed E-state index contributed by atoms with van der Waals surface area (Å²) in [7, 11) is 0. The molecule has 56 heavy (non-hydrogen) atoms. The van der Waals surface area contributed by atoms with Crippen LogP contribution in [0.4, 0.5) is 0 Å². The van der Waals surface area contributed by atoms with E-state index < -0.39 is 17.8 Å². The summed E-state index contributed by atoms with van der Waals surface area (Å²) in [6, 6.07) is 12.3. The van der Waals surface area contributed by atoms with Crippen molar-refractivity contribution in [2.45, 2.75) is 143 Å². The summed E-state index contributed by atoms with van der Waals surface area (Å²) < 4.78 is 0. The molecule has 1 heterocycles. The Kier molecular flexibility index (Phi) is 13.2. The number of imide groups is 1. The molecule has 296 valence electrons. The van der Waals surface area contributed by atoms with E-state index in [-0.39, 0.29) is 29.4 Å². The minimum Gasteiger partial charge on any atom is -0.478 e. The summed E-state index contributed by atoms with van der Waals surface area (Å²) in [5, 5.41) is 21.6. The number of hydrogen-bond acceptors (Lipinski definition) is 5. The molecule has 3 amide bonds. The minimum absolute atomic E-state index is 0.00230. The Balaban J connectivity index is 1.65. The predicted octanol–water partition coefficient (Wildman–Crippen LogP) is 10.8. The van der Waals surface area contributed by atoms with Crippen LogP contribution in [0.5, 0.6) is 0 Å². The number of amides is 3. The third kappa shape index (κ3) is 8.09. The number of carboxylic acids is 1. The number of carboxylic acid groups (broad SMARTS) is 1. The van der Waals surface area contributed by atoms with Gasteiger partial charge in [0.2, 0.25) is 0 Å². The van der Waals surface area contributed by atoms with Crippen molar-refractivity contribution in [3.8, 4) is 0 Å². The molecule has 5 N–H and O–H groups in total. The number of nitrogens with one attached hydrogen (secondary N) is 2. The van der Waals surface area contributed by atoms with Crippen molar-refractivity contribution in [3.63, 3.8) is 0 Å². The number of fused-ring (bicyclic) bond motifs is 2. The van der Waals surface area contributed by atoms with Crippen LogP contribution in [-0.2, 0) is 0 Å². The Morgan fingerprint density at radius 2 is 1.14 bits per heavy atom. The summed E-state index contributed by atoms with van der Waals surface area (Å²) >= 11 is 0. The van der Waals surface area contributed by atoms with Crippen molar-refractivity contribution in [1.29, 1.82) is 0 Å². The van der Waals surface area contributed by atoms with Crippen molar-refractivity contribution in [2.75, 3.05) is 0 Å². The van der Waals surface area contributed by atoms with Crippen LogP contribution in [-0.4, -0.2) is 46.7 Å². The molecule has 0 fully saturated rings. The number of hydrogen-bond donors (Lipinski definition) is 4. The second kappa shape index (κ2) is 18.3. The zero-order valence-corrected chi connectivity index (χ0v) is 33.6. The molecule has 1 aliphatic rings. The fourth-order valence-electron chi connectivity index (χ4n) is 8.81. The average Bonchev–Trinajstić information content (AvgIpc) is 3.18. The Morgan fingerprint density at radius 3 is 1.70 bits per heavy atom. The number of nitrogens with zero attached hydrogens (tertiary/aromatic N) is 1. The smallest absolute Gasteiger partial charge is 0.336 e. The maximum absolute atomic E-state index is 14.7. The maximum Gasteiger partial charge on any atom is 0.336 e. The highest BCUT2D eigenvalue weighted by molar-refractivity contribution is 6.41. The summed E-state index contributed by atoms with van der Waals surface area (Å²) in [5.74, 6) is -2.13. The molecule has 5 aromatic rings. The van der Waals surface area contributed by atoms with E-state index in [1.165, 1.54) is 0 Å². The molecule has 1 aliphatic heterocycles. The number of amidine groups is 1. The maximum atomic E-state index is 14.7. The van der Waals surface area contributed by atoms with Crippen LogP contribution in [0.1, 0.15) is 177 Å². The monoisotopic (exact) mass is 758 g/mol. The summed E-state index contributed by atoms with van der Waals surface area (Å²) in [5.41, 5.74) is 8.63. The molecule has 0 saturated heterocycles. The van der Waals surface area contributed by atoms with E-state index in [4.69, 9.17) is 10.7 Å². The zero-order valence-electron chi connectivity index (χ0n) is 33.6. The fraction of sp³-hybridized carbons (Fsp3) is 0.468. The number of nitrogens with two attached hydrogens (primary N) is 1. The van der Waals surface area contributed by atoms with Crippen LogP contribution in [0.15, 0.2) is 47.5 Å². The fourth-order valence-corrected chi connectivity index (χ4v) is 8.81. The van der Waals surface area contributed by atoms with E-state index in [2.05, 4.69) is 38.3 Å². The van der Waals surface area contributed by atoms with Crippen LogP contribution < -0.4 is 16.4 Å². The topological polar surface area (TPSA) is 151 Å². The lowest BCUT2D eigenvalue weighted by Crippen LogP contribution is -2.35. The third-order valence-corrected chi connectivity index (χ3v) is 11.7. The Morgan fingerprint density at radius 1 is 0.625 bits per heavy atom. The Hall–Kier alpha value is -5.05. The lowest BCUT2D eigenvalue weighted by atomic mass is 9.81. The molecule has 0 aliphatic carbocycles. The van der Waals surface area contributed by atoms with Crippen LogP contribution in [0.25, 0.3) is 43.1 Å². The number of carbonyl (C=O) groups excluding carboxylic acids is 3. The van der Waals surface area contributed by atoms with Gasteiger partial charge >= 0.3 is 5.97 Å². The molecule has 0 atom stereocenters. The average molecular weight is 759 g/mol. The molecule has 0 bridgehead atoms. The zero-order chi connectivity index (χ0) is 39.9. The normalized spacial score (nSPS) is 13.3. The molecular formula is C47H58N4O5. The van der Waals surface area contributed by atoms with E-state index in [1.807, 2.05) is 18.2 Å². The Bertz CT molecular complexity index is 2250. The molecule has 0 saturated carbocycles. The first kappa shape index (κ1) is 40.6. The molecule has 5 aromatic carbocycles. The second-order valence-electron chi connectivity index (χ2n) is 15.7. The molecule has 0 aromatic heterocycles. The van der Waals surface area contributed by atoms with Gasteiger partial charge < -0.3 is 16.2 Å². The first-order chi connectivity index (χ1) is 27.1. The molecule has 0 spiro atoms. The summed E-state index contributed by atoms with van der Waals surface area (Å²) in [6.45, 7) is 8.71. The molecule has 9 nitrogen and oxygen atoms in total. The van der Waals surface area contributed by atoms with Crippen LogP contribution in [0, 0.1) is 0 Å². The van der Waals surface area contributed by atoms with Gasteiger partial charge in [-0.05, 0) is 76.9 Å². The van der Waals surface area contributed by atoms with Gasteiger partial charge in [0.1, 0.15) is 5.84 Å². The van der Waals surface area contributed by atoms with Gasteiger partial charge in [-0.15, -0.1) is 0 Å². The molecular weight excluding hydrogens is 701 g/mol. The van der Waals surface area contributed by atoms with Gasteiger partial charge in [0.15, 0.2) is 0 Å². The Labute approximate surface area is 330 Å². The number of aliphatic imine (C=N–C) groups is 1. The molecule has 0 radical (unpaired) electrons. The van der Waals surface area contributed by atoms with E-state index in [9.17, 15) is 24.3 Å². The van der Waals surface area contributed by atoms with Gasteiger partial charge in [-0.1, -0.05) is 123 Å². The quantitative estimate of drug-likeness (QED) is 0.0146. The highest BCUT2D eigenvalue weighted by atomic mass is 16.4. The molecule has 9 heteroatoms. The standard InChI is InChI=1S/C47H58N4O5/c1-5-9-13-17-28(18-14-10-6-2)49-43(48)36-27-37(47(55)56)39-32-23-26-34-40-33(45(53)51-46(34)54)24-21-30(38(32)40)31-22-25-35(41(36)42(31)39)44(52)50-29(19-15-11-7-3)20-16-12-8-4/h21-29H,5-20H2,1-4H3,(H2,48,49)(H,50,52)(H,55,56)(H,51,53,54). The summed E-state index contributed by atoms with van der Waals surface area (Å²) in [6.07, 6.45) is 16.3. The first-order valence-corrected chi connectivity index (χ1v) is 21.1. The van der Waals surface area contributed by atoms with E-state index in [0.717, 1.165) is 108 Å². The third-order valence-electron chi connectivity index (χ3n) is 11.7. The van der Waals surface area contributed by atoms with Crippen LogP contribution >= 0.6 is 0 Å². The second-order valence-corrected chi connectivity index (χ2v) is 15.7. The lowest BCUT2D eigenvalue weighted by Gasteiger charge is -2.24. The highest BCUT2D eigenvalue weighted by Crippen LogP contribution is 2.46. The number of rotatable bonds is 21. The predicted molar refractivity (Wildman–Crippen MR) is 229 cm³/mol. The molecule has 0 unspecified atom stereocenters. The van der Waals surface area contributed by atoms with Crippen molar-refractivity contribution in [1.82, 2.24) is 10.6 Å². The van der Waals surface area contributed by atoms with Gasteiger partial charge in [-0.2, -0.15) is 0 Å². The minimum atomic E-state index is -1.15. The lowest BCUT2D eigenvalue weighted by molar-refractivity contribution is 0.0697. The largest absolute Gasteiger partial charge is 0.478 e. The van der Waals surface area contributed by atoms with Crippen molar-refractivity contribution >= 4 is 72.6 Å². The first-order valence-electron chi connectivity index (χ1n) is 21.1. The van der Waals surface area contributed by atoms with Gasteiger partial charge in [0.05, 0.1) is 11.6 Å². The van der Waals surface area contributed by atoms with Gasteiger partial charge in [-0.25, -0.2) is 4.79 Å².